The highest BCUT2D eigenvalue weighted by Gasteiger charge is 2.26. The molecule has 4 aromatic rings. The molecule has 0 fully saturated rings. The van der Waals surface area contributed by atoms with Crippen molar-refractivity contribution in [1.29, 1.82) is 0 Å². The van der Waals surface area contributed by atoms with E-state index in [0.717, 1.165) is 27.2 Å². The van der Waals surface area contributed by atoms with Gasteiger partial charge in [-0.05, 0) is 39.3 Å². The Hall–Kier alpha value is -3.66. The third kappa shape index (κ3) is 3.97. The van der Waals surface area contributed by atoms with Crippen molar-refractivity contribution in [2.45, 2.75) is 40.7 Å². The predicted octanol–water partition coefficient (Wildman–Crippen LogP) is 3.53. The normalized spacial score (nSPS) is 12.2. The lowest BCUT2D eigenvalue weighted by molar-refractivity contribution is -0.143. The first-order valence-corrected chi connectivity index (χ1v) is 10.8. The SMILES string of the molecule is CCOc1c(C(C)n2nc(C)c3c(N)ncnc32)cc(Cl)c(C)c1-c1cnn(OC(C)=O)c1. The van der Waals surface area contributed by atoms with Crippen LogP contribution in [-0.2, 0) is 4.79 Å². The molecule has 1 atom stereocenters. The molecule has 33 heavy (non-hydrogen) atoms. The monoisotopic (exact) mass is 469 g/mol. The molecule has 10 nitrogen and oxygen atoms in total. The van der Waals surface area contributed by atoms with Gasteiger partial charge in [-0.15, -0.1) is 5.10 Å². The van der Waals surface area contributed by atoms with E-state index in [9.17, 15) is 4.79 Å². The summed E-state index contributed by atoms with van der Waals surface area (Å²) in [6.45, 7) is 9.40. The quantitative estimate of drug-likeness (QED) is 0.455. The maximum atomic E-state index is 11.3. The predicted molar refractivity (Wildman–Crippen MR) is 124 cm³/mol. The molecule has 0 aliphatic carbocycles. The fourth-order valence-corrected chi connectivity index (χ4v) is 4.10. The van der Waals surface area contributed by atoms with Crippen LogP contribution < -0.4 is 15.3 Å². The molecule has 172 valence electrons. The summed E-state index contributed by atoms with van der Waals surface area (Å²) in [6, 6.07) is 1.58. The number of aromatic nitrogens is 6. The number of carbonyl (C=O) groups is 1. The van der Waals surface area contributed by atoms with Crippen LogP contribution in [0, 0.1) is 13.8 Å². The molecule has 0 bridgehead atoms. The Bertz CT molecular complexity index is 1360. The van der Waals surface area contributed by atoms with Gasteiger partial charge in [-0.2, -0.15) is 5.10 Å². The van der Waals surface area contributed by atoms with Gasteiger partial charge < -0.3 is 15.3 Å². The number of fused-ring (bicyclic) bond motifs is 1. The van der Waals surface area contributed by atoms with Crippen molar-refractivity contribution in [3.8, 4) is 16.9 Å². The van der Waals surface area contributed by atoms with Crippen LogP contribution in [0.1, 0.15) is 43.6 Å². The summed E-state index contributed by atoms with van der Waals surface area (Å²) in [5.74, 6) is 0.535. The molecular weight excluding hydrogens is 446 g/mol. The molecule has 1 aromatic carbocycles. The molecule has 0 saturated heterocycles. The van der Waals surface area contributed by atoms with Gasteiger partial charge >= 0.3 is 5.97 Å². The lowest BCUT2D eigenvalue weighted by Gasteiger charge is -2.22. The van der Waals surface area contributed by atoms with Gasteiger partial charge in [0.1, 0.15) is 17.9 Å². The zero-order chi connectivity index (χ0) is 23.9. The van der Waals surface area contributed by atoms with Gasteiger partial charge in [0.05, 0.1) is 36.1 Å². The van der Waals surface area contributed by atoms with E-state index in [1.165, 1.54) is 13.3 Å². The number of carbonyl (C=O) groups excluding carboxylic acids is 1. The molecule has 0 amide bonds. The average molecular weight is 470 g/mol. The number of hydrogen-bond donors (Lipinski definition) is 1. The highest BCUT2D eigenvalue weighted by Crippen LogP contribution is 2.43. The van der Waals surface area contributed by atoms with Crippen molar-refractivity contribution >= 4 is 34.4 Å². The van der Waals surface area contributed by atoms with Gasteiger partial charge in [0.15, 0.2) is 5.65 Å². The minimum Gasteiger partial charge on any atom is -0.493 e. The molecule has 4 rings (SSSR count). The molecule has 11 heteroatoms. The maximum Gasteiger partial charge on any atom is 0.331 e. The van der Waals surface area contributed by atoms with E-state index < -0.39 is 5.97 Å². The van der Waals surface area contributed by atoms with Gasteiger partial charge in [0.25, 0.3) is 0 Å². The van der Waals surface area contributed by atoms with Crippen molar-refractivity contribution in [1.82, 2.24) is 29.7 Å². The van der Waals surface area contributed by atoms with Crippen LogP contribution >= 0.6 is 11.6 Å². The third-order valence-electron chi connectivity index (χ3n) is 5.37. The first kappa shape index (κ1) is 22.5. The van der Waals surface area contributed by atoms with Gasteiger partial charge in [-0.1, -0.05) is 16.4 Å². The van der Waals surface area contributed by atoms with Crippen LogP contribution in [-0.4, -0.2) is 42.3 Å². The highest BCUT2D eigenvalue weighted by molar-refractivity contribution is 6.32. The first-order chi connectivity index (χ1) is 15.7. The zero-order valence-electron chi connectivity index (χ0n) is 19.0. The van der Waals surface area contributed by atoms with E-state index in [1.807, 2.05) is 33.8 Å². The smallest absolute Gasteiger partial charge is 0.331 e. The standard InChI is InChI=1S/C22H24ClN7O3/c1-6-32-20-16(13(4)30-22-19(12(3)28-30)21(24)25-10-26-22)7-17(23)11(2)18(20)15-8-27-29(9-15)33-14(5)31/h7-10,13H,6H2,1-5H3,(H2,24,25,26). The Kier molecular flexibility index (Phi) is 5.94. The maximum absolute atomic E-state index is 11.3. The van der Waals surface area contributed by atoms with Crippen LogP contribution in [0.4, 0.5) is 5.82 Å². The highest BCUT2D eigenvalue weighted by atomic mass is 35.5. The van der Waals surface area contributed by atoms with E-state index >= 15 is 0 Å². The second kappa shape index (κ2) is 8.70. The summed E-state index contributed by atoms with van der Waals surface area (Å²) >= 11 is 6.67. The van der Waals surface area contributed by atoms with Crippen LogP contribution in [0.15, 0.2) is 24.8 Å². The molecule has 3 heterocycles. The summed E-state index contributed by atoms with van der Waals surface area (Å²) < 4.78 is 7.92. The van der Waals surface area contributed by atoms with E-state index in [1.54, 1.807) is 17.1 Å². The summed E-state index contributed by atoms with van der Waals surface area (Å²) in [5, 5.41) is 10.1. The minimum atomic E-state index is -0.478. The van der Waals surface area contributed by atoms with Crippen LogP contribution in [0.25, 0.3) is 22.2 Å². The number of nitrogen functional groups attached to an aromatic ring is 1. The summed E-state index contributed by atoms with van der Waals surface area (Å²) in [5.41, 5.74) is 10.5. The number of halogens is 1. The lowest BCUT2D eigenvalue weighted by Crippen LogP contribution is -2.16. The second-order valence-corrected chi connectivity index (χ2v) is 7.99. The van der Waals surface area contributed by atoms with Crippen molar-refractivity contribution in [3.63, 3.8) is 0 Å². The number of ether oxygens (including phenoxy) is 1. The van der Waals surface area contributed by atoms with Crippen molar-refractivity contribution < 1.29 is 14.4 Å². The van der Waals surface area contributed by atoms with E-state index in [4.69, 9.17) is 26.9 Å². The lowest BCUT2D eigenvalue weighted by atomic mass is 9.95. The number of nitrogens with two attached hydrogens (primary N) is 1. The van der Waals surface area contributed by atoms with E-state index in [0.29, 0.717) is 39.8 Å². The zero-order valence-corrected chi connectivity index (χ0v) is 19.7. The summed E-state index contributed by atoms with van der Waals surface area (Å²) in [4.78, 5) is 26.0. The first-order valence-electron chi connectivity index (χ1n) is 10.4. The number of anilines is 1. The largest absolute Gasteiger partial charge is 0.493 e. The van der Waals surface area contributed by atoms with Gasteiger partial charge in [0, 0.05) is 28.6 Å². The van der Waals surface area contributed by atoms with E-state index in [-0.39, 0.29) is 6.04 Å². The Morgan fingerprint density at radius 1 is 1.30 bits per heavy atom. The second-order valence-electron chi connectivity index (χ2n) is 7.59. The Morgan fingerprint density at radius 2 is 2.06 bits per heavy atom. The Balaban J connectivity index is 1.92. The van der Waals surface area contributed by atoms with Gasteiger partial charge in [0.2, 0.25) is 0 Å². The van der Waals surface area contributed by atoms with Crippen LogP contribution in [0.5, 0.6) is 5.75 Å². The number of nitrogens with zero attached hydrogens (tertiary/aromatic N) is 6. The van der Waals surface area contributed by atoms with E-state index in [2.05, 4.69) is 20.2 Å². The molecule has 0 saturated carbocycles. The Labute approximate surface area is 195 Å². The topological polar surface area (TPSA) is 123 Å². The summed E-state index contributed by atoms with van der Waals surface area (Å²) in [7, 11) is 0. The molecule has 3 aromatic heterocycles. The number of rotatable bonds is 6. The van der Waals surface area contributed by atoms with Crippen molar-refractivity contribution in [2.24, 2.45) is 0 Å². The fourth-order valence-electron chi connectivity index (χ4n) is 3.89. The number of hydrogen-bond acceptors (Lipinski definition) is 8. The fraction of sp³-hybridized carbons (Fsp3) is 0.318. The van der Waals surface area contributed by atoms with Crippen LogP contribution in [0.2, 0.25) is 5.02 Å². The molecule has 0 aliphatic rings. The molecule has 0 spiro atoms. The molecular formula is C22H24ClN7O3. The average Bonchev–Trinajstić information content (AvgIpc) is 3.35. The van der Waals surface area contributed by atoms with Crippen molar-refractivity contribution in [2.75, 3.05) is 12.3 Å². The van der Waals surface area contributed by atoms with Gasteiger partial charge in [-0.25, -0.2) is 19.4 Å². The van der Waals surface area contributed by atoms with Crippen molar-refractivity contribution in [3.05, 3.63) is 46.6 Å². The Morgan fingerprint density at radius 3 is 2.76 bits per heavy atom. The minimum absolute atomic E-state index is 0.294. The molecule has 1 unspecified atom stereocenters. The number of benzene rings is 1. The summed E-state index contributed by atoms with van der Waals surface area (Å²) in [6.07, 6.45) is 4.63. The molecule has 0 radical (unpaired) electrons. The number of aryl methyl sites for hydroxylation is 1. The third-order valence-corrected chi connectivity index (χ3v) is 5.77. The van der Waals surface area contributed by atoms with Gasteiger partial charge in [-0.3, -0.25) is 0 Å². The molecule has 0 aliphatic heterocycles. The molecule has 2 N–H and O–H groups in total. The van der Waals surface area contributed by atoms with Crippen LogP contribution in [0.3, 0.4) is 0 Å².